The first-order chi connectivity index (χ1) is 16.3. The van der Waals surface area contributed by atoms with Gasteiger partial charge in [0.25, 0.3) is 11.5 Å². The Balaban J connectivity index is 1.30. The van der Waals surface area contributed by atoms with Gasteiger partial charge in [-0.05, 0) is 30.7 Å². The van der Waals surface area contributed by atoms with Crippen molar-refractivity contribution < 1.29 is 22.8 Å². The Morgan fingerprint density at radius 2 is 1.56 bits per heavy atom. The van der Waals surface area contributed by atoms with Crippen LogP contribution >= 0.6 is 0 Å². The van der Waals surface area contributed by atoms with E-state index in [0.29, 0.717) is 23.9 Å². The molecule has 0 N–H and O–H groups in total. The third-order valence-corrected chi connectivity index (χ3v) is 5.90. The first-order valence-corrected chi connectivity index (χ1v) is 10.9. The molecular formula is C24H23F3N4O3. The van der Waals surface area contributed by atoms with Crippen molar-refractivity contribution in [1.82, 2.24) is 19.4 Å². The third kappa shape index (κ3) is 4.95. The van der Waals surface area contributed by atoms with Crippen LogP contribution in [0.4, 0.5) is 13.2 Å². The number of hydrogen-bond donors (Lipinski definition) is 0. The number of amides is 2. The van der Waals surface area contributed by atoms with Crippen molar-refractivity contribution in [2.75, 3.05) is 26.2 Å². The summed E-state index contributed by atoms with van der Waals surface area (Å²) in [7, 11) is 0. The lowest BCUT2D eigenvalue weighted by Gasteiger charge is -2.35. The van der Waals surface area contributed by atoms with Gasteiger partial charge in [-0.15, -0.1) is 0 Å². The van der Waals surface area contributed by atoms with Crippen molar-refractivity contribution in [2.45, 2.75) is 25.6 Å². The monoisotopic (exact) mass is 472 g/mol. The van der Waals surface area contributed by atoms with Crippen LogP contribution in [0.1, 0.15) is 28.8 Å². The summed E-state index contributed by atoms with van der Waals surface area (Å²) >= 11 is 0. The summed E-state index contributed by atoms with van der Waals surface area (Å²) in [6.45, 7) is 1.15. The number of fused-ring (bicyclic) bond motifs is 1. The Bertz CT molecular complexity index is 1260. The van der Waals surface area contributed by atoms with Gasteiger partial charge in [-0.2, -0.15) is 13.2 Å². The second kappa shape index (κ2) is 9.66. The molecule has 0 bridgehead atoms. The summed E-state index contributed by atoms with van der Waals surface area (Å²) in [6.07, 6.45) is -2.49. The maximum absolute atomic E-state index is 13.2. The predicted molar refractivity (Wildman–Crippen MR) is 119 cm³/mol. The predicted octanol–water partition coefficient (Wildman–Crippen LogP) is 3.18. The lowest BCUT2D eigenvalue weighted by molar-refractivity contribution is -0.138. The molecular weight excluding hydrogens is 449 g/mol. The fraction of sp³-hybridized carbons (Fsp3) is 0.333. The van der Waals surface area contributed by atoms with Crippen LogP contribution in [0.2, 0.25) is 0 Å². The van der Waals surface area contributed by atoms with Gasteiger partial charge in [0.2, 0.25) is 5.91 Å². The van der Waals surface area contributed by atoms with E-state index in [4.69, 9.17) is 0 Å². The van der Waals surface area contributed by atoms with Crippen LogP contribution in [-0.2, 0) is 17.5 Å². The smallest absolute Gasteiger partial charge is 0.339 e. The van der Waals surface area contributed by atoms with Gasteiger partial charge in [0, 0.05) is 39.1 Å². The number of halogens is 3. The second-order valence-corrected chi connectivity index (χ2v) is 8.08. The summed E-state index contributed by atoms with van der Waals surface area (Å²) in [5, 5.41) is 0.518. The molecule has 178 valence electrons. The molecule has 34 heavy (non-hydrogen) atoms. The van der Waals surface area contributed by atoms with Crippen LogP contribution < -0.4 is 5.56 Å². The van der Waals surface area contributed by atoms with Crippen LogP contribution in [0.5, 0.6) is 0 Å². The van der Waals surface area contributed by atoms with Gasteiger partial charge < -0.3 is 9.80 Å². The standard InChI is InChI=1S/C24H23F3N4O3/c25-24(26,27)19-8-3-1-6-17(19)22(33)30-14-12-29(13-15-30)21(32)10-5-11-31-16-28-20-9-4-2-7-18(20)23(31)34/h1-4,6-9,16H,5,10-15H2. The summed E-state index contributed by atoms with van der Waals surface area (Å²) < 4.78 is 41.2. The number of benzene rings is 2. The van der Waals surface area contributed by atoms with E-state index in [2.05, 4.69) is 4.98 Å². The van der Waals surface area contributed by atoms with Crippen LogP contribution in [-0.4, -0.2) is 57.3 Å². The van der Waals surface area contributed by atoms with Crippen LogP contribution in [0.15, 0.2) is 59.7 Å². The number of carbonyl (C=O) groups is 2. The van der Waals surface area contributed by atoms with Crippen molar-refractivity contribution in [3.05, 3.63) is 76.3 Å². The number of alkyl halides is 3. The molecule has 0 spiro atoms. The number of piperazine rings is 1. The van der Waals surface area contributed by atoms with Gasteiger partial charge in [-0.25, -0.2) is 4.98 Å². The lowest BCUT2D eigenvalue weighted by atomic mass is 10.1. The highest BCUT2D eigenvalue weighted by atomic mass is 19.4. The maximum Gasteiger partial charge on any atom is 0.417 e. The maximum atomic E-state index is 13.2. The van der Waals surface area contributed by atoms with Gasteiger partial charge in [0.05, 0.1) is 28.4 Å². The molecule has 2 amide bonds. The topological polar surface area (TPSA) is 75.5 Å². The third-order valence-electron chi connectivity index (χ3n) is 5.90. The molecule has 7 nitrogen and oxygen atoms in total. The summed E-state index contributed by atoms with van der Waals surface area (Å²) in [5.74, 6) is -0.812. The molecule has 4 rings (SSSR count). The van der Waals surface area contributed by atoms with Crippen LogP contribution in [0.25, 0.3) is 10.9 Å². The molecule has 2 heterocycles. The van der Waals surface area contributed by atoms with Gasteiger partial charge >= 0.3 is 6.18 Å². The second-order valence-electron chi connectivity index (χ2n) is 8.08. The number of aryl methyl sites for hydroxylation is 1. The number of rotatable bonds is 5. The van der Waals surface area contributed by atoms with E-state index in [1.165, 1.54) is 34.0 Å². The molecule has 1 aromatic heterocycles. The quantitative estimate of drug-likeness (QED) is 0.572. The molecule has 0 unspecified atom stereocenters. The van der Waals surface area contributed by atoms with E-state index < -0.39 is 17.6 Å². The Morgan fingerprint density at radius 3 is 2.29 bits per heavy atom. The van der Waals surface area contributed by atoms with Gasteiger partial charge in [0.1, 0.15) is 0 Å². The van der Waals surface area contributed by atoms with Gasteiger partial charge in [0.15, 0.2) is 0 Å². The van der Waals surface area contributed by atoms with Crippen molar-refractivity contribution in [2.24, 2.45) is 0 Å². The average molecular weight is 472 g/mol. The molecule has 0 saturated carbocycles. The summed E-state index contributed by atoms with van der Waals surface area (Å²) in [5.41, 5.74) is -0.893. The highest BCUT2D eigenvalue weighted by molar-refractivity contribution is 5.96. The Labute approximate surface area is 193 Å². The minimum absolute atomic E-state index is 0.121. The molecule has 1 aliphatic heterocycles. The zero-order chi connectivity index (χ0) is 24.3. The first-order valence-electron chi connectivity index (χ1n) is 10.9. The number of carbonyl (C=O) groups excluding carboxylic acids is 2. The minimum Gasteiger partial charge on any atom is -0.339 e. The number of hydrogen-bond acceptors (Lipinski definition) is 4. The molecule has 10 heteroatoms. The molecule has 2 aromatic carbocycles. The Kier molecular flexibility index (Phi) is 6.67. The minimum atomic E-state index is -4.62. The summed E-state index contributed by atoms with van der Waals surface area (Å²) in [4.78, 5) is 45.0. The van der Waals surface area contributed by atoms with Gasteiger partial charge in [-0.3, -0.25) is 19.0 Å². The molecule has 3 aromatic rings. The highest BCUT2D eigenvalue weighted by Gasteiger charge is 2.36. The van der Waals surface area contributed by atoms with Crippen LogP contribution in [0.3, 0.4) is 0 Å². The van der Waals surface area contributed by atoms with E-state index in [1.807, 2.05) is 0 Å². The average Bonchev–Trinajstić information content (AvgIpc) is 2.84. The first kappa shape index (κ1) is 23.5. The van der Waals surface area contributed by atoms with Crippen LogP contribution in [0, 0.1) is 0 Å². The highest BCUT2D eigenvalue weighted by Crippen LogP contribution is 2.32. The van der Waals surface area contributed by atoms with Gasteiger partial charge in [-0.1, -0.05) is 24.3 Å². The normalized spacial score (nSPS) is 14.4. The Hall–Kier alpha value is -3.69. The van der Waals surface area contributed by atoms with Crippen molar-refractivity contribution in [3.63, 3.8) is 0 Å². The zero-order valence-corrected chi connectivity index (χ0v) is 18.3. The molecule has 0 radical (unpaired) electrons. The number of nitrogens with zero attached hydrogens (tertiary/aromatic N) is 4. The van der Waals surface area contributed by atoms with E-state index in [0.717, 1.165) is 6.07 Å². The van der Waals surface area contributed by atoms with E-state index >= 15 is 0 Å². The van der Waals surface area contributed by atoms with E-state index in [9.17, 15) is 27.6 Å². The van der Waals surface area contributed by atoms with E-state index in [1.54, 1.807) is 29.2 Å². The largest absolute Gasteiger partial charge is 0.417 e. The Morgan fingerprint density at radius 1 is 0.912 bits per heavy atom. The fourth-order valence-electron chi connectivity index (χ4n) is 4.07. The molecule has 0 aliphatic carbocycles. The van der Waals surface area contributed by atoms with Crippen molar-refractivity contribution in [1.29, 1.82) is 0 Å². The van der Waals surface area contributed by atoms with Crippen molar-refractivity contribution in [3.8, 4) is 0 Å². The molecule has 1 fully saturated rings. The summed E-state index contributed by atoms with van der Waals surface area (Å²) in [6, 6.07) is 11.8. The fourth-order valence-corrected chi connectivity index (χ4v) is 4.07. The zero-order valence-electron chi connectivity index (χ0n) is 18.3. The molecule has 1 aliphatic rings. The van der Waals surface area contributed by atoms with E-state index in [-0.39, 0.29) is 49.6 Å². The number of aromatic nitrogens is 2. The lowest BCUT2D eigenvalue weighted by Crippen LogP contribution is -2.50. The van der Waals surface area contributed by atoms with Crippen molar-refractivity contribution >= 4 is 22.7 Å². The molecule has 1 saturated heterocycles. The number of para-hydroxylation sites is 1. The SMILES string of the molecule is O=C(CCCn1cnc2ccccc2c1=O)N1CCN(C(=O)c2ccccc2C(F)(F)F)CC1. The molecule has 0 atom stereocenters.